The summed E-state index contributed by atoms with van der Waals surface area (Å²) in [6.45, 7) is 8.15. The lowest BCUT2D eigenvalue weighted by Gasteiger charge is -2.16. The number of likely N-dealkylation sites (tertiary alicyclic amines) is 1. The summed E-state index contributed by atoms with van der Waals surface area (Å²) in [6, 6.07) is 12.1. The fourth-order valence-corrected chi connectivity index (χ4v) is 5.29. The molecule has 5 rings (SSSR count). The third kappa shape index (κ3) is 4.25. The average molecular weight is 487 g/mol. The van der Waals surface area contributed by atoms with E-state index in [0.29, 0.717) is 17.4 Å². The Morgan fingerprint density at radius 1 is 1.11 bits per heavy atom. The van der Waals surface area contributed by atoms with Gasteiger partial charge in [-0.2, -0.15) is 0 Å². The summed E-state index contributed by atoms with van der Waals surface area (Å²) in [4.78, 5) is 29.8. The van der Waals surface area contributed by atoms with Crippen molar-refractivity contribution in [2.75, 3.05) is 18.0 Å². The summed E-state index contributed by atoms with van der Waals surface area (Å²) in [7, 11) is 0. The Morgan fingerprint density at radius 3 is 2.60 bits per heavy atom. The number of fused-ring (bicyclic) bond motifs is 1. The van der Waals surface area contributed by atoms with Gasteiger partial charge in [-0.25, -0.2) is 0 Å². The number of hydrogen-bond acceptors (Lipinski definition) is 3. The third-order valence-corrected chi connectivity index (χ3v) is 7.37. The number of para-hydroxylation sites is 1. The fraction of sp³-hybridized carbons (Fsp3) is 0.321. The highest BCUT2D eigenvalue weighted by Gasteiger charge is 2.32. The number of carbonyl (C=O) groups excluding carboxylic acids is 2. The van der Waals surface area contributed by atoms with Crippen molar-refractivity contribution in [2.45, 2.75) is 46.6 Å². The molecule has 2 aliphatic heterocycles. The number of nitrogens with one attached hydrogen (secondary N) is 1. The van der Waals surface area contributed by atoms with Crippen molar-refractivity contribution in [2.24, 2.45) is 0 Å². The lowest BCUT2D eigenvalue weighted by atomic mass is 10.1. The van der Waals surface area contributed by atoms with Crippen LogP contribution in [-0.4, -0.2) is 39.5 Å². The molecule has 0 unspecified atom stereocenters. The summed E-state index contributed by atoms with van der Waals surface area (Å²) >= 11 is 5.53. The van der Waals surface area contributed by atoms with Crippen molar-refractivity contribution in [3.05, 3.63) is 70.5 Å². The Morgan fingerprint density at radius 2 is 1.89 bits per heavy atom. The van der Waals surface area contributed by atoms with Crippen LogP contribution in [0.3, 0.4) is 0 Å². The highest BCUT2D eigenvalue weighted by molar-refractivity contribution is 7.80. The minimum absolute atomic E-state index is 0.140. The first-order chi connectivity index (χ1) is 16.9. The zero-order chi connectivity index (χ0) is 24.7. The van der Waals surface area contributed by atoms with Gasteiger partial charge in [0.1, 0.15) is 12.2 Å². The molecular formula is C28H30N4O2S. The second-order valence-electron chi connectivity index (χ2n) is 9.36. The van der Waals surface area contributed by atoms with Crippen LogP contribution in [0.1, 0.15) is 42.0 Å². The number of anilines is 1. The first kappa shape index (κ1) is 23.3. The molecule has 7 heteroatoms. The zero-order valence-corrected chi connectivity index (χ0v) is 21.2. The van der Waals surface area contributed by atoms with E-state index in [1.54, 1.807) is 4.90 Å². The van der Waals surface area contributed by atoms with Crippen LogP contribution < -0.4 is 10.2 Å². The van der Waals surface area contributed by atoms with Gasteiger partial charge in [-0.1, -0.05) is 31.2 Å². The number of amides is 2. The maximum atomic E-state index is 13.4. The largest absolute Gasteiger partial charge is 0.341 e. The summed E-state index contributed by atoms with van der Waals surface area (Å²) in [5, 5.41) is 4.50. The summed E-state index contributed by atoms with van der Waals surface area (Å²) in [5.41, 5.74) is 6.58. The van der Waals surface area contributed by atoms with Crippen molar-refractivity contribution >= 4 is 51.8 Å². The first-order valence-corrected chi connectivity index (χ1v) is 12.6. The molecule has 0 atom stereocenters. The van der Waals surface area contributed by atoms with E-state index in [4.69, 9.17) is 12.2 Å². The van der Waals surface area contributed by atoms with Gasteiger partial charge in [0.05, 0.1) is 11.2 Å². The number of rotatable bonds is 5. The molecule has 2 aliphatic rings. The number of aryl methyl sites for hydroxylation is 3. The van der Waals surface area contributed by atoms with Crippen LogP contribution >= 0.6 is 12.2 Å². The molecule has 180 valence electrons. The summed E-state index contributed by atoms with van der Waals surface area (Å²) in [5.74, 6) is -0.0411. The molecule has 1 N–H and O–H groups in total. The molecule has 1 aromatic heterocycles. The van der Waals surface area contributed by atoms with Crippen LogP contribution in [0, 0.1) is 13.8 Å². The van der Waals surface area contributed by atoms with Gasteiger partial charge >= 0.3 is 0 Å². The van der Waals surface area contributed by atoms with Crippen LogP contribution in [0.15, 0.2) is 48.3 Å². The predicted molar refractivity (Wildman–Crippen MR) is 144 cm³/mol. The molecule has 2 saturated heterocycles. The predicted octanol–water partition coefficient (Wildman–Crippen LogP) is 4.71. The second-order valence-corrected chi connectivity index (χ2v) is 9.75. The molecule has 6 nitrogen and oxygen atoms in total. The zero-order valence-electron chi connectivity index (χ0n) is 20.4. The van der Waals surface area contributed by atoms with E-state index >= 15 is 0 Å². The highest BCUT2D eigenvalue weighted by atomic mass is 32.1. The molecule has 0 aliphatic carbocycles. The summed E-state index contributed by atoms with van der Waals surface area (Å²) < 4.78 is 2.04. The van der Waals surface area contributed by atoms with E-state index in [9.17, 15) is 9.59 Å². The Labute approximate surface area is 211 Å². The third-order valence-electron chi connectivity index (χ3n) is 7.08. The number of nitrogens with zero attached hydrogens (tertiary/aromatic N) is 3. The van der Waals surface area contributed by atoms with Crippen molar-refractivity contribution in [3.63, 3.8) is 0 Å². The average Bonchev–Trinajstić information content (AvgIpc) is 3.56. The number of carbonyl (C=O) groups is 2. The van der Waals surface area contributed by atoms with Crippen molar-refractivity contribution < 1.29 is 9.59 Å². The Kier molecular flexibility index (Phi) is 6.19. The topological polar surface area (TPSA) is 57.6 Å². The molecule has 0 saturated carbocycles. The lowest BCUT2D eigenvalue weighted by molar-refractivity contribution is -0.130. The molecule has 2 fully saturated rings. The molecule has 35 heavy (non-hydrogen) atoms. The van der Waals surface area contributed by atoms with Crippen LogP contribution in [0.25, 0.3) is 17.0 Å². The SMILES string of the molecule is CCc1cccc2c(/C=C3\NC(=S)N(c4ccc(C)c(C)c4)C3=O)cn(CC(=O)N3CCCC3)c12. The van der Waals surface area contributed by atoms with Crippen LogP contribution in [0.4, 0.5) is 5.69 Å². The van der Waals surface area contributed by atoms with Crippen molar-refractivity contribution in [1.29, 1.82) is 0 Å². The highest BCUT2D eigenvalue weighted by Crippen LogP contribution is 2.30. The van der Waals surface area contributed by atoms with Gasteiger partial charge in [-0.3, -0.25) is 14.5 Å². The minimum atomic E-state index is -0.182. The van der Waals surface area contributed by atoms with Gasteiger partial charge in [-0.05, 0) is 80.2 Å². The number of thiocarbonyl (C=S) groups is 1. The van der Waals surface area contributed by atoms with Crippen LogP contribution in [0.5, 0.6) is 0 Å². The second kappa shape index (κ2) is 9.30. The molecule has 0 radical (unpaired) electrons. The van der Waals surface area contributed by atoms with E-state index in [2.05, 4.69) is 24.4 Å². The Balaban J connectivity index is 1.52. The smallest absolute Gasteiger partial charge is 0.281 e. The van der Waals surface area contributed by atoms with Crippen molar-refractivity contribution in [1.82, 2.24) is 14.8 Å². The van der Waals surface area contributed by atoms with Gasteiger partial charge in [0.2, 0.25) is 5.91 Å². The quantitative estimate of drug-likeness (QED) is 0.419. The molecule has 2 aromatic carbocycles. The number of aromatic nitrogens is 1. The molecular weight excluding hydrogens is 456 g/mol. The van der Waals surface area contributed by atoms with Crippen molar-refractivity contribution in [3.8, 4) is 0 Å². The molecule has 0 bridgehead atoms. The number of hydrogen-bond donors (Lipinski definition) is 1. The van der Waals surface area contributed by atoms with E-state index < -0.39 is 0 Å². The van der Waals surface area contributed by atoms with Crippen LogP contribution in [0.2, 0.25) is 0 Å². The normalized spacial score (nSPS) is 17.2. The van der Waals surface area contributed by atoms with Crippen LogP contribution in [-0.2, 0) is 22.6 Å². The minimum Gasteiger partial charge on any atom is -0.341 e. The standard InChI is InChI=1S/C28H30N4O2S/c1-4-20-8-7-9-23-21(16-31(26(20)23)17-25(33)30-12-5-6-13-30)15-24-27(34)32(28(35)29-24)22-11-10-18(2)19(3)14-22/h7-11,14-16H,4-6,12-13,17H2,1-3H3,(H,29,35)/b24-15-. The van der Waals surface area contributed by atoms with Gasteiger partial charge in [-0.15, -0.1) is 0 Å². The molecule has 3 aromatic rings. The first-order valence-electron chi connectivity index (χ1n) is 12.2. The van der Waals surface area contributed by atoms with Gasteiger partial charge < -0.3 is 14.8 Å². The molecule has 3 heterocycles. The van der Waals surface area contributed by atoms with E-state index in [1.807, 2.05) is 59.9 Å². The van der Waals surface area contributed by atoms with Gasteiger partial charge in [0, 0.05) is 30.2 Å². The number of benzene rings is 2. The lowest BCUT2D eigenvalue weighted by Crippen LogP contribution is -2.30. The molecule has 2 amide bonds. The Bertz CT molecular complexity index is 1380. The van der Waals surface area contributed by atoms with E-state index in [-0.39, 0.29) is 11.8 Å². The Hall–Kier alpha value is -3.45. The monoisotopic (exact) mass is 486 g/mol. The maximum Gasteiger partial charge on any atom is 0.281 e. The summed E-state index contributed by atoms with van der Waals surface area (Å²) in [6.07, 6.45) is 6.84. The van der Waals surface area contributed by atoms with Gasteiger partial charge in [0.25, 0.3) is 5.91 Å². The fourth-order valence-electron chi connectivity index (χ4n) is 4.99. The van der Waals surface area contributed by atoms with E-state index in [1.165, 1.54) is 5.56 Å². The van der Waals surface area contributed by atoms with E-state index in [0.717, 1.165) is 65.6 Å². The maximum absolute atomic E-state index is 13.4. The molecule has 0 spiro atoms. The van der Waals surface area contributed by atoms with Gasteiger partial charge in [0.15, 0.2) is 5.11 Å².